The van der Waals surface area contributed by atoms with Crippen LogP contribution in [0, 0.1) is 11.8 Å². The molecule has 0 radical (unpaired) electrons. The Morgan fingerprint density at radius 1 is 1.08 bits per heavy atom. The van der Waals surface area contributed by atoms with E-state index in [9.17, 15) is 4.79 Å². The maximum Gasteiger partial charge on any atom is 0.234 e. The van der Waals surface area contributed by atoms with Gasteiger partial charge >= 0.3 is 0 Å². The van der Waals surface area contributed by atoms with Crippen molar-refractivity contribution < 1.29 is 4.79 Å². The molecule has 0 bridgehead atoms. The topological polar surface area (TPSA) is 35.6 Å². The van der Waals surface area contributed by atoms with Gasteiger partial charge in [0.05, 0.1) is 6.54 Å². The minimum Gasteiger partial charge on any atom is -0.369 e. The molecule has 1 saturated carbocycles. The molecule has 1 saturated heterocycles. The van der Waals surface area contributed by atoms with Crippen LogP contribution >= 0.6 is 0 Å². The van der Waals surface area contributed by atoms with Gasteiger partial charge in [0.15, 0.2) is 0 Å². The summed E-state index contributed by atoms with van der Waals surface area (Å²) in [5.41, 5.74) is 1.28. The molecule has 1 aromatic rings. The quantitative estimate of drug-likeness (QED) is 0.922. The van der Waals surface area contributed by atoms with Gasteiger partial charge in [-0.2, -0.15) is 0 Å². The van der Waals surface area contributed by atoms with Crippen LogP contribution in [0.15, 0.2) is 30.3 Å². The number of nitrogens with one attached hydrogen (secondary N) is 1. The Morgan fingerprint density at radius 3 is 2.50 bits per heavy atom. The maximum absolute atomic E-state index is 12.4. The lowest BCUT2D eigenvalue weighted by Crippen LogP contribution is -2.52. The predicted octanol–water partition coefficient (Wildman–Crippen LogP) is 2.75. The van der Waals surface area contributed by atoms with Crippen molar-refractivity contribution in [1.29, 1.82) is 0 Å². The van der Waals surface area contributed by atoms with Crippen LogP contribution < -0.4 is 10.2 Å². The molecule has 4 heteroatoms. The van der Waals surface area contributed by atoms with Gasteiger partial charge in [0.1, 0.15) is 0 Å². The Kier molecular flexibility index (Phi) is 5.77. The number of carbonyl (C=O) groups is 1. The molecule has 1 aromatic carbocycles. The normalized spacial score (nSPS) is 28.6. The zero-order valence-electron chi connectivity index (χ0n) is 15.1. The van der Waals surface area contributed by atoms with Gasteiger partial charge in [-0.3, -0.25) is 9.69 Å². The van der Waals surface area contributed by atoms with Gasteiger partial charge in [-0.15, -0.1) is 0 Å². The first-order valence-electron chi connectivity index (χ1n) is 9.45. The molecule has 0 spiro atoms. The van der Waals surface area contributed by atoms with E-state index in [2.05, 4.69) is 59.3 Å². The van der Waals surface area contributed by atoms with E-state index in [1.54, 1.807) is 0 Å². The molecule has 1 heterocycles. The van der Waals surface area contributed by atoms with Crippen molar-refractivity contribution in [3.05, 3.63) is 30.3 Å². The largest absolute Gasteiger partial charge is 0.369 e. The fraction of sp³-hybridized carbons (Fsp3) is 0.650. The number of hydrogen-bond acceptors (Lipinski definition) is 3. The third-order valence-corrected chi connectivity index (χ3v) is 5.91. The smallest absolute Gasteiger partial charge is 0.234 e. The van der Waals surface area contributed by atoms with Gasteiger partial charge < -0.3 is 10.2 Å². The van der Waals surface area contributed by atoms with Crippen molar-refractivity contribution in [3.8, 4) is 0 Å². The molecular formula is C20H31N3O. The van der Waals surface area contributed by atoms with Crippen LogP contribution in [0.2, 0.25) is 0 Å². The van der Waals surface area contributed by atoms with E-state index in [1.807, 2.05) is 0 Å². The molecule has 2 fully saturated rings. The lowest BCUT2D eigenvalue weighted by Gasteiger charge is -2.37. The van der Waals surface area contributed by atoms with Gasteiger partial charge in [0, 0.05) is 37.9 Å². The lowest BCUT2D eigenvalue weighted by molar-refractivity contribution is -0.123. The summed E-state index contributed by atoms with van der Waals surface area (Å²) >= 11 is 0. The zero-order chi connectivity index (χ0) is 16.9. The minimum absolute atomic E-state index is 0.203. The Labute approximate surface area is 146 Å². The predicted molar refractivity (Wildman–Crippen MR) is 99.2 cm³/mol. The average molecular weight is 329 g/mol. The molecule has 1 aliphatic carbocycles. The van der Waals surface area contributed by atoms with E-state index >= 15 is 0 Å². The van der Waals surface area contributed by atoms with Crippen LogP contribution in [-0.4, -0.2) is 49.6 Å². The van der Waals surface area contributed by atoms with E-state index in [-0.39, 0.29) is 5.91 Å². The third-order valence-electron chi connectivity index (χ3n) is 5.91. The first-order valence-corrected chi connectivity index (χ1v) is 9.45. The van der Waals surface area contributed by atoms with Crippen LogP contribution in [0.25, 0.3) is 0 Å². The van der Waals surface area contributed by atoms with Crippen LogP contribution in [0.1, 0.15) is 33.1 Å². The minimum atomic E-state index is 0.203. The number of amides is 1. The number of benzene rings is 1. The Balaban J connectivity index is 1.43. The summed E-state index contributed by atoms with van der Waals surface area (Å²) in [4.78, 5) is 17.1. The number of nitrogens with zero attached hydrogens (tertiary/aromatic N) is 2. The number of anilines is 1. The monoisotopic (exact) mass is 329 g/mol. The molecule has 1 N–H and O–H groups in total. The van der Waals surface area contributed by atoms with E-state index in [1.165, 1.54) is 18.5 Å². The van der Waals surface area contributed by atoms with Crippen LogP contribution in [0.4, 0.5) is 5.69 Å². The first-order chi connectivity index (χ1) is 11.6. The third kappa shape index (κ3) is 4.29. The highest BCUT2D eigenvalue weighted by molar-refractivity contribution is 5.78. The van der Waals surface area contributed by atoms with Crippen LogP contribution in [-0.2, 0) is 4.79 Å². The van der Waals surface area contributed by atoms with E-state index in [0.29, 0.717) is 18.5 Å². The lowest BCUT2D eigenvalue weighted by atomic mass is 9.78. The fourth-order valence-corrected chi connectivity index (χ4v) is 4.04. The van der Waals surface area contributed by atoms with Crippen LogP contribution in [0.5, 0.6) is 0 Å². The average Bonchev–Trinajstić information content (AvgIpc) is 2.60. The summed E-state index contributed by atoms with van der Waals surface area (Å²) < 4.78 is 0. The second-order valence-corrected chi connectivity index (χ2v) is 7.54. The van der Waals surface area contributed by atoms with E-state index < -0.39 is 0 Å². The van der Waals surface area contributed by atoms with Gasteiger partial charge in [-0.05, 0) is 30.4 Å². The molecule has 24 heavy (non-hydrogen) atoms. The van der Waals surface area contributed by atoms with Crippen molar-refractivity contribution in [2.45, 2.75) is 39.2 Å². The summed E-state index contributed by atoms with van der Waals surface area (Å²) in [6.45, 7) is 9.04. The van der Waals surface area contributed by atoms with E-state index in [0.717, 1.165) is 38.5 Å². The highest BCUT2D eigenvalue weighted by atomic mass is 16.2. The molecule has 0 aromatic heterocycles. The Morgan fingerprint density at radius 2 is 1.79 bits per heavy atom. The molecule has 3 rings (SSSR count). The second-order valence-electron chi connectivity index (χ2n) is 7.54. The molecular weight excluding hydrogens is 298 g/mol. The van der Waals surface area contributed by atoms with Crippen LogP contribution in [0.3, 0.4) is 0 Å². The molecule has 4 nitrogen and oxygen atoms in total. The van der Waals surface area contributed by atoms with Gasteiger partial charge in [-0.1, -0.05) is 44.9 Å². The summed E-state index contributed by atoms with van der Waals surface area (Å²) in [5.74, 6) is 1.52. The van der Waals surface area contributed by atoms with Gasteiger partial charge in [0.2, 0.25) is 5.91 Å². The SMILES string of the molecule is C[C@H]1[C@@H](NC(=O)CN2CCN(c3ccccc3)CC2)CCC[C@@H]1C. The Hall–Kier alpha value is -1.55. The van der Waals surface area contributed by atoms with E-state index in [4.69, 9.17) is 0 Å². The highest BCUT2D eigenvalue weighted by Gasteiger charge is 2.28. The molecule has 3 atom stereocenters. The maximum atomic E-state index is 12.4. The molecule has 0 unspecified atom stereocenters. The van der Waals surface area contributed by atoms with Gasteiger partial charge in [-0.25, -0.2) is 0 Å². The summed E-state index contributed by atoms with van der Waals surface area (Å²) in [6.07, 6.45) is 3.68. The molecule has 1 amide bonds. The van der Waals surface area contributed by atoms with Crippen molar-refractivity contribution in [3.63, 3.8) is 0 Å². The second kappa shape index (κ2) is 8.02. The van der Waals surface area contributed by atoms with Gasteiger partial charge in [0.25, 0.3) is 0 Å². The molecule has 132 valence electrons. The van der Waals surface area contributed by atoms with Crippen molar-refractivity contribution in [2.75, 3.05) is 37.6 Å². The number of rotatable bonds is 4. The standard InChI is InChI=1S/C20H31N3O/c1-16-7-6-10-19(17(16)2)21-20(24)15-22-11-13-23(14-12-22)18-8-4-3-5-9-18/h3-5,8-9,16-17,19H,6-7,10-15H2,1-2H3,(H,21,24)/t16-,17+,19-/m0/s1. The first kappa shape index (κ1) is 17.3. The summed E-state index contributed by atoms with van der Waals surface area (Å²) in [7, 11) is 0. The van der Waals surface area contributed by atoms with Crippen molar-refractivity contribution >= 4 is 11.6 Å². The number of hydrogen-bond donors (Lipinski definition) is 1. The number of para-hydroxylation sites is 1. The molecule has 2 aliphatic rings. The highest BCUT2D eigenvalue weighted by Crippen LogP contribution is 2.29. The Bertz CT molecular complexity index is 525. The number of piperazine rings is 1. The van der Waals surface area contributed by atoms with Crippen molar-refractivity contribution in [1.82, 2.24) is 10.2 Å². The summed E-state index contributed by atoms with van der Waals surface area (Å²) in [6, 6.07) is 10.9. The summed E-state index contributed by atoms with van der Waals surface area (Å²) in [5, 5.41) is 3.30. The van der Waals surface area contributed by atoms with Crippen molar-refractivity contribution in [2.24, 2.45) is 11.8 Å². The molecule has 1 aliphatic heterocycles. The fourth-order valence-electron chi connectivity index (χ4n) is 4.04. The number of carbonyl (C=O) groups excluding carboxylic acids is 1. The zero-order valence-corrected chi connectivity index (χ0v) is 15.1.